The lowest BCUT2D eigenvalue weighted by molar-refractivity contribution is 0.982. The van der Waals surface area contributed by atoms with Gasteiger partial charge in [-0.05, 0) is 40.2 Å². The molecule has 0 fully saturated rings. The largest absolute Gasteiger partial charge is 0.294 e. The van der Waals surface area contributed by atoms with Crippen molar-refractivity contribution in [2.45, 2.75) is 5.88 Å². The fourth-order valence-electron chi connectivity index (χ4n) is 2.16. The van der Waals surface area contributed by atoms with E-state index in [9.17, 15) is 0 Å². The van der Waals surface area contributed by atoms with Crippen molar-refractivity contribution in [2.75, 3.05) is 0 Å². The van der Waals surface area contributed by atoms with E-state index in [1.807, 2.05) is 28.8 Å². The van der Waals surface area contributed by atoms with Crippen molar-refractivity contribution in [1.82, 2.24) is 9.55 Å². The van der Waals surface area contributed by atoms with E-state index in [4.69, 9.17) is 46.4 Å². The summed E-state index contributed by atoms with van der Waals surface area (Å²) in [6.45, 7) is 0. The van der Waals surface area contributed by atoms with Gasteiger partial charge in [-0.1, -0.05) is 40.9 Å². The van der Waals surface area contributed by atoms with Crippen LogP contribution >= 0.6 is 62.3 Å². The van der Waals surface area contributed by atoms with Gasteiger partial charge in [0.15, 0.2) is 0 Å². The summed E-state index contributed by atoms with van der Waals surface area (Å²) >= 11 is 28.1. The summed E-state index contributed by atoms with van der Waals surface area (Å²) in [5.41, 5.74) is 2.23. The molecule has 0 spiro atoms. The Balaban J connectivity index is 2.40. The number of hydrogen-bond donors (Lipinski definition) is 0. The zero-order valence-corrected chi connectivity index (χ0v) is 15.0. The van der Waals surface area contributed by atoms with E-state index in [2.05, 4.69) is 20.9 Å². The van der Waals surface area contributed by atoms with Crippen LogP contribution in [0.5, 0.6) is 0 Å². The molecule has 0 aliphatic carbocycles. The zero-order valence-electron chi connectivity index (χ0n) is 10.4. The predicted molar refractivity (Wildman–Crippen MR) is 93.4 cm³/mol. The van der Waals surface area contributed by atoms with Gasteiger partial charge in [-0.15, -0.1) is 11.6 Å². The Bertz CT molecular complexity index is 845. The third kappa shape index (κ3) is 2.55. The van der Waals surface area contributed by atoms with E-state index in [0.29, 0.717) is 32.1 Å². The number of hydrogen-bond acceptors (Lipinski definition) is 1. The van der Waals surface area contributed by atoms with Crippen molar-refractivity contribution in [3.8, 4) is 5.69 Å². The SMILES string of the molecule is ClCc1nc2c(Cl)cccc2n1-c1ccc(Br)c(Cl)c1Cl. The fraction of sp³-hybridized carbons (Fsp3) is 0.0714. The van der Waals surface area contributed by atoms with Gasteiger partial charge in [-0.2, -0.15) is 0 Å². The van der Waals surface area contributed by atoms with E-state index >= 15 is 0 Å². The molecule has 0 N–H and O–H groups in total. The van der Waals surface area contributed by atoms with Gasteiger partial charge in [0.25, 0.3) is 0 Å². The summed E-state index contributed by atoms with van der Waals surface area (Å²) in [5, 5.41) is 1.44. The van der Waals surface area contributed by atoms with Gasteiger partial charge >= 0.3 is 0 Å². The lowest BCUT2D eigenvalue weighted by atomic mass is 10.2. The molecule has 0 aliphatic rings. The molecular formula is C14H7BrCl4N2. The molecule has 0 unspecified atom stereocenters. The van der Waals surface area contributed by atoms with Crippen molar-refractivity contribution >= 4 is 73.4 Å². The number of halogens is 5. The van der Waals surface area contributed by atoms with Crippen LogP contribution in [0.3, 0.4) is 0 Å². The maximum absolute atomic E-state index is 6.37. The molecule has 0 amide bonds. The number of rotatable bonds is 2. The number of nitrogens with zero attached hydrogens (tertiary/aromatic N) is 2. The molecule has 1 heterocycles. The summed E-state index contributed by atoms with van der Waals surface area (Å²) in [5.74, 6) is 0.884. The molecule has 3 aromatic rings. The van der Waals surface area contributed by atoms with E-state index in [1.165, 1.54) is 0 Å². The molecule has 0 saturated heterocycles. The van der Waals surface area contributed by atoms with Crippen molar-refractivity contribution < 1.29 is 0 Å². The first-order chi connectivity index (χ1) is 10.0. The number of alkyl halides is 1. The van der Waals surface area contributed by atoms with E-state index in [0.717, 1.165) is 9.99 Å². The molecule has 3 rings (SSSR count). The van der Waals surface area contributed by atoms with Crippen LogP contribution in [0, 0.1) is 0 Å². The minimum Gasteiger partial charge on any atom is -0.294 e. The Morgan fingerprint density at radius 2 is 1.81 bits per heavy atom. The quantitative estimate of drug-likeness (QED) is 0.339. The smallest absolute Gasteiger partial charge is 0.129 e. The van der Waals surface area contributed by atoms with Gasteiger partial charge < -0.3 is 0 Å². The average Bonchev–Trinajstić information content (AvgIpc) is 2.85. The molecule has 2 nitrogen and oxygen atoms in total. The summed E-state index contributed by atoms with van der Waals surface area (Å²) in [4.78, 5) is 4.49. The minimum atomic E-state index is 0.231. The van der Waals surface area contributed by atoms with Crippen molar-refractivity contribution in [1.29, 1.82) is 0 Å². The van der Waals surface area contributed by atoms with Crippen molar-refractivity contribution in [3.63, 3.8) is 0 Å². The fourth-order valence-corrected chi connectivity index (χ4v) is 3.40. The molecule has 7 heteroatoms. The lowest BCUT2D eigenvalue weighted by Gasteiger charge is -2.12. The molecule has 0 radical (unpaired) electrons. The summed E-state index contributed by atoms with van der Waals surface area (Å²) in [7, 11) is 0. The molecule has 1 aromatic heterocycles. The normalized spacial score (nSPS) is 11.3. The zero-order chi connectivity index (χ0) is 15.1. The number of aromatic nitrogens is 2. The minimum absolute atomic E-state index is 0.231. The first-order valence-corrected chi connectivity index (χ1v) is 8.36. The Labute approximate surface area is 149 Å². The number of para-hydroxylation sites is 1. The van der Waals surface area contributed by atoms with Crippen LogP contribution in [0.4, 0.5) is 0 Å². The number of imidazole rings is 1. The van der Waals surface area contributed by atoms with Crippen LogP contribution in [0.15, 0.2) is 34.8 Å². The third-order valence-corrected chi connectivity index (χ3v) is 5.39. The van der Waals surface area contributed by atoms with E-state index in [1.54, 1.807) is 6.07 Å². The first kappa shape index (κ1) is 15.4. The van der Waals surface area contributed by atoms with E-state index in [-0.39, 0.29) is 5.88 Å². The van der Waals surface area contributed by atoms with Gasteiger partial charge in [0.05, 0.1) is 32.2 Å². The molecule has 0 saturated carbocycles. The van der Waals surface area contributed by atoms with Crippen LogP contribution in [-0.4, -0.2) is 9.55 Å². The van der Waals surface area contributed by atoms with Crippen molar-refractivity contribution in [2.24, 2.45) is 0 Å². The highest BCUT2D eigenvalue weighted by atomic mass is 79.9. The Morgan fingerprint density at radius 3 is 2.52 bits per heavy atom. The summed E-state index contributed by atoms with van der Waals surface area (Å²) in [6.07, 6.45) is 0. The molecule has 21 heavy (non-hydrogen) atoms. The van der Waals surface area contributed by atoms with Crippen LogP contribution in [0.2, 0.25) is 15.1 Å². The predicted octanol–water partition coefficient (Wildman–Crippen LogP) is 6.49. The van der Waals surface area contributed by atoms with Crippen LogP contribution < -0.4 is 0 Å². The van der Waals surface area contributed by atoms with Crippen LogP contribution in [0.1, 0.15) is 5.82 Å². The number of benzene rings is 2. The highest BCUT2D eigenvalue weighted by Gasteiger charge is 2.17. The van der Waals surface area contributed by atoms with Crippen molar-refractivity contribution in [3.05, 3.63) is 55.7 Å². The Kier molecular flexibility index (Phi) is 4.40. The van der Waals surface area contributed by atoms with Gasteiger partial charge in [-0.25, -0.2) is 4.98 Å². The second-order valence-corrected chi connectivity index (χ2v) is 6.58. The van der Waals surface area contributed by atoms with Crippen LogP contribution in [-0.2, 0) is 5.88 Å². The van der Waals surface area contributed by atoms with Gasteiger partial charge in [-0.3, -0.25) is 4.57 Å². The Hall–Kier alpha value is -0.450. The Morgan fingerprint density at radius 1 is 1.05 bits per heavy atom. The molecular weight excluding hydrogens is 418 g/mol. The average molecular weight is 425 g/mol. The maximum Gasteiger partial charge on any atom is 0.129 e. The summed E-state index contributed by atoms with van der Waals surface area (Å²) in [6, 6.07) is 9.25. The highest BCUT2D eigenvalue weighted by molar-refractivity contribution is 9.10. The molecule has 2 aromatic carbocycles. The third-order valence-electron chi connectivity index (χ3n) is 3.08. The summed E-state index contributed by atoms with van der Waals surface area (Å²) < 4.78 is 2.60. The molecule has 0 atom stereocenters. The second kappa shape index (κ2) is 5.98. The first-order valence-electron chi connectivity index (χ1n) is 5.90. The second-order valence-electron chi connectivity index (χ2n) is 4.30. The maximum atomic E-state index is 6.37. The number of fused-ring (bicyclic) bond motifs is 1. The standard InChI is InChI=1S/C14H7BrCl4N2/c15-7-4-5-9(13(19)12(7)18)21-10-3-1-2-8(17)14(10)20-11(21)6-16/h1-5H,6H2. The van der Waals surface area contributed by atoms with Crippen LogP contribution in [0.25, 0.3) is 16.7 Å². The highest BCUT2D eigenvalue weighted by Crippen LogP contribution is 2.37. The molecule has 0 bridgehead atoms. The monoisotopic (exact) mass is 422 g/mol. The molecule has 0 aliphatic heterocycles. The van der Waals surface area contributed by atoms with Gasteiger partial charge in [0.1, 0.15) is 11.3 Å². The molecule has 108 valence electrons. The lowest BCUT2D eigenvalue weighted by Crippen LogP contribution is -2.00. The van der Waals surface area contributed by atoms with Gasteiger partial charge in [0, 0.05) is 4.47 Å². The van der Waals surface area contributed by atoms with Gasteiger partial charge in [0.2, 0.25) is 0 Å². The van der Waals surface area contributed by atoms with E-state index < -0.39 is 0 Å². The topological polar surface area (TPSA) is 17.8 Å².